The van der Waals surface area contributed by atoms with Crippen LogP contribution in [0, 0.1) is 6.92 Å². The van der Waals surface area contributed by atoms with Gasteiger partial charge in [0.05, 0.1) is 13.7 Å². The molecule has 0 saturated carbocycles. The van der Waals surface area contributed by atoms with Crippen LogP contribution in [0.4, 0.5) is 0 Å². The first-order valence-corrected chi connectivity index (χ1v) is 4.36. The third kappa shape index (κ3) is 1.88. The Balaban J connectivity index is 2.99. The summed E-state index contributed by atoms with van der Waals surface area (Å²) < 4.78 is 6.58. The number of methoxy groups -OCH3 is 1. The van der Waals surface area contributed by atoms with Gasteiger partial charge in [-0.25, -0.2) is 14.3 Å². The van der Waals surface area contributed by atoms with Gasteiger partial charge in [-0.05, 0) is 6.42 Å². The van der Waals surface area contributed by atoms with E-state index in [1.807, 2.05) is 11.5 Å². The minimum absolute atomic E-state index is 0.294. The summed E-state index contributed by atoms with van der Waals surface area (Å²) in [4.78, 5) is 14.3. The molecular formula is C9H15N2O2+. The molecule has 1 rings (SSSR count). The van der Waals surface area contributed by atoms with Crippen LogP contribution in [0.2, 0.25) is 0 Å². The molecule has 4 nitrogen and oxygen atoms in total. The van der Waals surface area contributed by atoms with Crippen molar-refractivity contribution in [3.8, 4) is 0 Å². The summed E-state index contributed by atoms with van der Waals surface area (Å²) in [6.07, 6.45) is 2.67. The van der Waals surface area contributed by atoms with E-state index in [4.69, 9.17) is 0 Å². The summed E-state index contributed by atoms with van der Waals surface area (Å²) in [5.41, 5.74) is 0.585. The first-order valence-electron chi connectivity index (χ1n) is 4.36. The van der Waals surface area contributed by atoms with Gasteiger partial charge in [-0.1, -0.05) is 6.92 Å². The molecule has 0 unspecified atom stereocenters. The Morgan fingerprint density at radius 2 is 2.38 bits per heavy atom. The number of esters is 1. The molecule has 0 amide bonds. The third-order valence-corrected chi connectivity index (χ3v) is 1.96. The predicted octanol–water partition coefficient (Wildman–Crippen LogP) is 0.807. The molecular weight excluding hydrogens is 168 g/mol. The van der Waals surface area contributed by atoms with Gasteiger partial charge in [0.1, 0.15) is 6.20 Å². The van der Waals surface area contributed by atoms with Crippen LogP contribution >= 0.6 is 0 Å². The van der Waals surface area contributed by atoms with Gasteiger partial charge in [-0.15, -0.1) is 0 Å². The van der Waals surface area contributed by atoms with Crippen molar-refractivity contribution >= 4 is 5.97 Å². The molecule has 0 radical (unpaired) electrons. The van der Waals surface area contributed by atoms with Crippen molar-refractivity contribution in [3.05, 3.63) is 17.7 Å². The van der Waals surface area contributed by atoms with Gasteiger partial charge < -0.3 is 4.74 Å². The second kappa shape index (κ2) is 4.07. The highest BCUT2D eigenvalue weighted by Crippen LogP contribution is 1.96. The van der Waals surface area contributed by atoms with Crippen molar-refractivity contribution < 1.29 is 14.1 Å². The van der Waals surface area contributed by atoms with Crippen molar-refractivity contribution in [1.29, 1.82) is 0 Å². The molecule has 0 bridgehead atoms. The number of rotatable bonds is 3. The standard InChI is InChI=1S/C9H14N2O2/c1-4-5-11-7(2)10-6-8(11)9(12)13-3/h6H,4-5H2,1-3H3/p+1. The summed E-state index contributed by atoms with van der Waals surface area (Å²) in [6.45, 7) is 4.84. The van der Waals surface area contributed by atoms with Gasteiger partial charge in [-0.3, -0.25) is 0 Å². The topological polar surface area (TPSA) is 46.0 Å². The molecule has 72 valence electrons. The maximum Gasteiger partial charge on any atom is 0.382 e. The third-order valence-electron chi connectivity index (χ3n) is 1.96. The smallest absolute Gasteiger partial charge is 0.382 e. The molecule has 13 heavy (non-hydrogen) atoms. The summed E-state index contributed by atoms with van der Waals surface area (Å²) in [6, 6.07) is 0. The normalized spacial score (nSPS) is 10.1. The molecule has 0 aliphatic heterocycles. The number of carbonyl (C=O) groups excluding carboxylic acids is 1. The molecule has 0 fully saturated rings. The van der Waals surface area contributed by atoms with Crippen LogP contribution in [0.1, 0.15) is 29.7 Å². The van der Waals surface area contributed by atoms with Gasteiger partial charge in [-0.2, -0.15) is 0 Å². The first-order chi connectivity index (χ1) is 6.20. The molecule has 1 aromatic rings. The van der Waals surface area contributed by atoms with Gasteiger partial charge in [0.2, 0.25) is 0 Å². The largest absolute Gasteiger partial charge is 0.463 e. The van der Waals surface area contributed by atoms with Crippen LogP contribution in [0.25, 0.3) is 0 Å². The number of aryl methyl sites for hydroxylation is 1. The number of ether oxygens (including phenoxy) is 1. The Hall–Kier alpha value is -1.32. The van der Waals surface area contributed by atoms with Crippen LogP contribution in [0.5, 0.6) is 0 Å². The quantitative estimate of drug-likeness (QED) is 0.556. The van der Waals surface area contributed by atoms with E-state index in [9.17, 15) is 4.79 Å². The van der Waals surface area contributed by atoms with Crippen LogP contribution in [0.15, 0.2) is 6.20 Å². The molecule has 0 aliphatic carbocycles. The summed E-state index contributed by atoms with van der Waals surface area (Å²) >= 11 is 0. The highest BCUT2D eigenvalue weighted by molar-refractivity contribution is 5.85. The number of H-pyrrole nitrogens is 1. The minimum atomic E-state index is -0.294. The number of hydrogen-bond donors (Lipinski definition) is 1. The molecule has 4 heteroatoms. The number of aromatic nitrogens is 2. The summed E-state index contributed by atoms with van der Waals surface area (Å²) in [5.74, 6) is 0.681. The minimum Gasteiger partial charge on any atom is -0.463 e. The second-order valence-corrected chi connectivity index (χ2v) is 2.90. The lowest BCUT2D eigenvalue weighted by molar-refractivity contribution is -0.703. The van der Waals surface area contributed by atoms with Crippen molar-refractivity contribution in [2.45, 2.75) is 26.8 Å². The zero-order chi connectivity index (χ0) is 9.84. The average molecular weight is 183 g/mol. The van der Waals surface area contributed by atoms with E-state index in [-0.39, 0.29) is 5.97 Å². The molecule has 1 aromatic heterocycles. The monoisotopic (exact) mass is 183 g/mol. The maximum atomic E-state index is 11.3. The van der Waals surface area contributed by atoms with Gasteiger partial charge in [0.15, 0.2) is 0 Å². The van der Waals surface area contributed by atoms with E-state index in [1.165, 1.54) is 7.11 Å². The fourth-order valence-electron chi connectivity index (χ4n) is 1.29. The van der Waals surface area contributed by atoms with E-state index >= 15 is 0 Å². The molecule has 0 aromatic carbocycles. The lowest BCUT2D eigenvalue weighted by Crippen LogP contribution is -2.40. The second-order valence-electron chi connectivity index (χ2n) is 2.90. The van der Waals surface area contributed by atoms with Crippen molar-refractivity contribution in [2.24, 2.45) is 0 Å². The number of imidazole rings is 1. The number of hydrogen-bond acceptors (Lipinski definition) is 2. The fourth-order valence-corrected chi connectivity index (χ4v) is 1.29. The maximum absolute atomic E-state index is 11.3. The zero-order valence-electron chi connectivity index (χ0n) is 8.26. The number of carbonyl (C=O) groups is 1. The van der Waals surface area contributed by atoms with E-state index in [0.29, 0.717) is 5.69 Å². The Kier molecular flexibility index (Phi) is 3.06. The highest BCUT2D eigenvalue weighted by Gasteiger charge is 2.20. The van der Waals surface area contributed by atoms with Gasteiger partial charge in [0.25, 0.3) is 11.5 Å². The summed E-state index contributed by atoms with van der Waals surface area (Å²) in [7, 11) is 1.39. The average Bonchev–Trinajstić information content (AvgIpc) is 2.48. The SMILES string of the molecule is CCC[n+]1c(C(=O)OC)c[nH]c1C. The van der Waals surface area contributed by atoms with E-state index in [2.05, 4.69) is 16.6 Å². The fraction of sp³-hybridized carbons (Fsp3) is 0.556. The number of aromatic amines is 1. The summed E-state index contributed by atoms with van der Waals surface area (Å²) in [5, 5.41) is 0. The Morgan fingerprint density at radius 1 is 1.69 bits per heavy atom. The van der Waals surface area contributed by atoms with Crippen molar-refractivity contribution in [3.63, 3.8) is 0 Å². The zero-order valence-corrected chi connectivity index (χ0v) is 8.26. The molecule has 0 atom stereocenters. The molecule has 1 heterocycles. The van der Waals surface area contributed by atoms with Gasteiger partial charge >= 0.3 is 5.97 Å². The number of nitrogens with zero attached hydrogens (tertiary/aromatic N) is 1. The highest BCUT2D eigenvalue weighted by atomic mass is 16.5. The van der Waals surface area contributed by atoms with Crippen molar-refractivity contribution in [1.82, 2.24) is 4.98 Å². The Morgan fingerprint density at radius 3 is 2.92 bits per heavy atom. The van der Waals surface area contributed by atoms with Gasteiger partial charge in [0, 0.05) is 6.92 Å². The van der Waals surface area contributed by atoms with Crippen LogP contribution in [-0.4, -0.2) is 18.1 Å². The molecule has 0 aliphatic rings. The Bertz CT molecular complexity index is 305. The Labute approximate surface area is 77.5 Å². The molecule has 1 N–H and O–H groups in total. The van der Waals surface area contributed by atoms with Crippen molar-refractivity contribution in [2.75, 3.05) is 7.11 Å². The van der Waals surface area contributed by atoms with Crippen LogP contribution in [0.3, 0.4) is 0 Å². The van der Waals surface area contributed by atoms with E-state index < -0.39 is 0 Å². The lowest BCUT2D eigenvalue weighted by atomic mass is 10.4. The predicted molar refractivity (Wildman–Crippen MR) is 47.4 cm³/mol. The molecule has 0 saturated heterocycles. The van der Waals surface area contributed by atoms with Crippen LogP contribution < -0.4 is 4.57 Å². The van der Waals surface area contributed by atoms with E-state index in [1.54, 1.807) is 6.20 Å². The van der Waals surface area contributed by atoms with E-state index in [0.717, 1.165) is 18.8 Å². The number of nitrogens with one attached hydrogen (secondary N) is 1. The first kappa shape index (κ1) is 9.77. The lowest BCUT2D eigenvalue weighted by Gasteiger charge is -1.99. The molecule has 0 spiro atoms. The van der Waals surface area contributed by atoms with Crippen LogP contribution in [-0.2, 0) is 11.3 Å².